The van der Waals surface area contributed by atoms with E-state index in [1.165, 1.54) is 23.5 Å². The predicted octanol–water partition coefficient (Wildman–Crippen LogP) is 3.33. The van der Waals surface area contributed by atoms with E-state index in [4.69, 9.17) is 20.4 Å². The summed E-state index contributed by atoms with van der Waals surface area (Å²) in [6, 6.07) is 12.3. The first-order chi connectivity index (χ1) is 24.8. The van der Waals surface area contributed by atoms with Crippen molar-refractivity contribution in [1.82, 2.24) is 34.6 Å². The lowest BCUT2D eigenvalue weighted by Crippen LogP contribution is -2.60. The number of piperazine rings is 1. The predicted molar refractivity (Wildman–Crippen MR) is 189 cm³/mol. The summed E-state index contributed by atoms with van der Waals surface area (Å²) >= 11 is 1.29. The number of halogens is 1. The molecule has 4 aromatic heterocycles. The average molecular weight is 710 g/mol. The van der Waals surface area contributed by atoms with Crippen LogP contribution in [0, 0.1) is 17.1 Å². The van der Waals surface area contributed by atoms with Gasteiger partial charge in [-0.15, -0.1) is 11.3 Å². The number of thiazole rings is 1. The van der Waals surface area contributed by atoms with E-state index in [1.807, 2.05) is 34.6 Å². The summed E-state index contributed by atoms with van der Waals surface area (Å²) in [6.45, 7) is 5.71. The van der Waals surface area contributed by atoms with Gasteiger partial charge in [-0.2, -0.15) is 5.26 Å². The van der Waals surface area contributed by atoms with Gasteiger partial charge in [0.1, 0.15) is 33.2 Å². The highest BCUT2D eigenvalue weighted by Crippen LogP contribution is 2.30. The first-order valence-corrected chi connectivity index (χ1v) is 17.6. The Morgan fingerprint density at radius 3 is 2.53 bits per heavy atom. The number of aromatic nitrogens is 5. The molecule has 1 amide bonds. The van der Waals surface area contributed by atoms with Crippen LogP contribution in [-0.2, 0) is 27.3 Å². The van der Waals surface area contributed by atoms with E-state index in [9.17, 15) is 19.2 Å². The number of ether oxygens (including phenoxy) is 1. The molecule has 0 spiro atoms. The number of pyridine rings is 1. The van der Waals surface area contributed by atoms with E-state index in [2.05, 4.69) is 31.6 Å². The number of piperidine rings is 1. The quantitative estimate of drug-likeness (QED) is 0.150. The molecule has 2 aliphatic rings. The van der Waals surface area contributed by atoms with Gasteiger partial charge in [0.05, 0.1) is 24.5 Å². The normalized spacial score (nSPS) is 17.0. The zero-order valence-electron chi connectivity index (χ0n) is 27.9. The zero-order chi connectivity index (χ0) is 35.5. The number of nitriles is 1. The monoisotopic (exact) mass is 709 g/mol. The van der Waals surface area contributed by atoms with Crippen molar-refractivity contribution >= 4 is 40.6 Å². The first kappa shape index (κ1) is 34.0. The maximum Gasteiger partial charge on any atom is 0.398 e. The zero-order valence-corrected chi connectivity index (χ0v) is 28.7. The molecule has 2 aliphatic heterocycles. The van der Waals surface area contributed by atoms with Gasteiger partial charge in [0, 0.05) is 54.4 Å². The van der Waals surface area contributed by atoms with Crippen molar-refractivity contribution < 1.29 is 18.7 Å². The SMILES string of the molecule is CCc1nc2ccc(-c3cnc(N4CCN(C5CCNCC5)C(OC(=O)C(N)=O)C4)nc3)cn2c1NCc1nc(-c2ccc(F)cc2)c(C#N)s1. The van der Waals surface area contributed by atoms with E-state index in [0.29, 0.717) is 59.7 Å². The van der Waals surface area contributed by atoms with Gasteiger partial charge >= 0.3 is 11.9 Å². The number of primary amides is 1. The Hall–Kier alpha value is -5.50. The van der Waals surface area contributed by atoms with Crippen LogP contribution >= 0.6 is 11.3 Å². The lowest BCUT2D eigenvalue weighted by atomic mass is 10.0. The molecule has 2 fully saturated rings. The number of hydrogen-bond acceptors (Lipinski definition) is 13. The van der Waals surface area contributed by atoms with Crippen molar-refractivity contribution in [3.05, 3.63) is 76.4 Å². The van der Waals surface area contributed by atoms with E-state index in [-0.39, 0.29) is 11.9 Å². The van der Waals surface area contributed by atoms with Gasteiger partial charge in [0.15, 0.2) is 6.23 Å². The molecule has 0 radical (unpaired) electrons. The number of carbonyl (C=O) groups is 2. The Balaban J connectivity index is 1.09. The van der Waals surface area contributed by atoms with Gasteiger partial charge in [-0.25, -0.2) is 29.1 Å². The Morgan fingerprint density at radius 2 is 1.82 bits per heavy atom. The van der Waals surface area contributed by atoms with Crippen molar-refractivity contribution in [2.45, 2.75) is 45.0 Å². The Kier molecular flexibility index (Phi) is 9.84. The number of carbonyl (C=O) groups excluding carboxylic acids is 2. The van der Waals surface area contributed by atoms with Crippen LogP contribution in [-0.4, -0.2) is 86.1 Å². The van der Waals surface area contributed by atoms with Crippen molar-refractivity contribution in [3.8, 4) is 28.5 Å². The van der Waals surface area contributed by atoms with Crippen LogP contribution in [0.5, 0.6) is 0 Å². The summed E-state index contributed by atoms with van der Waals surface area (Å²) in [5.41, 5.74) is 9.75. The topological polar surface area (TPSA) is 180 Å². The molecule has 6 heterocycles. The number of nitrogens with two attached hydrogens (primary N) is 1. The van der Waals surface area contributed by atoms with Crippen molar-refractivity contribution in [2.75, 3.05) is 42.9 Å². The third-order valence-electron chi connectivity index (χ3n) is 9.17. The van der Waals surface area contributed by atoms with Crippen molar-refractivity contribution in [3.63, 3.8) is 0 Å². The van der Waals surface area contributed by atoms with Crippen molar-refractivity contribution in [2.24, 2.45) is 5.73 Å². The fraction of sp³-hybridized carbons (Fsp3) is 0.343. The van der Waals surface area contributed by atoms with Crippen LogP contribution in [0.25, 0.3) is 28.0 Å². The lowest BCUT2D eigenvalue weighted by molar-refractivity contribution is -0.168. The number of nitrogens with one attached hydrogen (secondary N) is 2. The molecule has 14 nitrogen and oxygen atoms in total. The minimum absolute atomic E-state index is 0.226. The summed E-state index contributed by atoms with van der Waals surface area (Å²) in [4.78, 5) is 47.1. The second-order valence-corrected chi connectivity index (χ2v) is 13.4. The molecule has 2 saturated heterocycles. The molecule has 0 bridgehead atoms. The average Bonchev–Trinajstić information content (AvgIpc) is 3.75. The first-order valence-electron chi connectivity index (χ1n) is 16.8. The Bertz CT molecular complexity index is 2090. The highest BCUT2D eigenvalue weighted by atomic mass is 32.1. The van der Waals surface area contributed by atoms with Gasteiger partial charge in [-0.1, -0.05) is 6.92 Å². The standard InChI is InChI=1S/C35H36FN11O3S/c1-2-26-33(40-18-29-44-31(27(15-37)51-29)21-3-6-24(36)7-4-21)47-19-22(5-8-28(47)43-26)23-16-41-35(42-17-23)45-13-14-46(25-9-11-39-12-10-25)30(20-45)50-34(49)32(38)48/h3-8,16-17,19,25,30,39-40H,2,9-14,18,20H2,1H3,(H2,38,48). The molecule has 1 aromatic carbocycles. The van der Waals surface area contributed by atoms with Gasteiger partial charge < -0.3 is 26.0 Å². The van der Waals surface area contributed by atoms with E-state index >= 15 is 0 Å². The number of nitrogens with zero attached hydrogens (tertiary/aromatic N) is 8. The highest BCUT2D eigenvalue weighted by Gasteiger charge is 2.36. The summed E-state index contributed by atoms with van der Waals surface area (Å²) in [7, 11) is 0. The lowest BCUT2D eigenvalue weighted by Gasteiger charge is -2.45. The molecule has 0 saturated carbocycles. The number of aryl methyl sites for hydroxylation is 1. The highest BCUT2D eigenvalue weighted by molar-refractivity contribution is 7.12. The van der Waals surface area contributed by atoms with Crippen LogP contribution in [0.15, 0.2) is 55.0 Å². The molecule has 7 rings (SSSR count). The fourth-order valence-electron chi connectivity index (χ4n) is 6.60. The number of fused-ring (bicyclic) bond motifs is 1. The number of anilines is 2. The maximum absolute atomic E-state index is 13.5. The number of amides is 1. The minimum Gasteiger partial charge on any atom is -0.437 e. The largest absolute Gasteiger partial charge is 0.437 e. The minimum atomic E-state index is -1.12. The van der Waals surface area contributed by atoms with Crippen LogP contribution < -0.4 is 21.3 Å². The van der Waals surface area contributed by atoms with Crippen LogP contribution in [0.2, 0.25) is 0 Å². The molecule has 262 valence electrons. The van der Waals surface area contributed by atoms with Gasteiger partial charge in [-0.05, 0) is 68.8 Å². The van der Waals surface area contributed by atoms with Crippen molar-refractivity contribution in [1.29, 1.82) is 5.26 Å². The van der Waals surface area contributed by atoms with Gasteiger partial charge in [0.2, 0.25) is 5.95 Å². The third-order valence-corrected chi connectivity index (χ3v) is 10.1. The van der Waals surface area contributed by atoms with Crippen LogP contribution in [0.1, 0.15) is 35.3 Å². The molecule has 5 aromatic rings. The molecule has 4 N–H and O–H groups in total. The summed E-state index contributed by atoms with van der Waals surface area (Å²) < 4.78 is 21.0. The molecular formula is C35H36FN11O3S. The summed E-state index contributed by atoms with van der Waals surface area (Å²) in [6.07, 6.45) is 7.37. The van der Waals surface area contributed by atoms with Gasteiger partial charge in [0.25, 0.3) is 0 Å². The molecule has 1 unspecified atom stereocenters. The third kappa shape index (κ3) is 7.22. The molecule has 1 atom stereocenters. The number of hydrogen-bond donors (Lipinski definition) is 3. The summed E-state index contributed by atoms with van der Waals surface area (Å²) in [5.74, 6) is -1.22. The number of esters is 1. The van der Waals surface area contributed by atoms with E-state index in [0.717, 1.165) is 54.2 Å². The Morgan fingerprint density at radius 1 is 1.08 bits per heavy atom. The van der Waals surface area contributed by atoms with Gasteiger partial charge in [-0.3, -0.25) is 14.1 Å². The molecular weight excluding hydrogens is 674 g/mol. The fourth-order valence-corrected chi connectivity index (χ4v) is 7.42. The van der Waals surface area contributed by atoms with Crippen LogP contribution in [0.4, 0.5) is 16.2 Å². The molecule has 16 heteroatoms. The van der Waals surface area contributed by atoms with Crippen LogP contribution in [0.3, 0.4) is 0 Å². The molecule has 51 heavy (non-hydrogen) atoms. The Labute approximate surface area is 297 Å². The number of imidazole rings is 1. The summed E-state index contributed by atoms with van der Waals surface area (Å²) in [5, 5.41) is 17.3. The maximum atomic E-state index is 13.5. The number of benzene rings is 1. The number of rotatable bonds is 9. The second-order valence-electron chi connectivity index (χ2n) is 12.3. The van der Waals surface area contributed by atoms with E-state index < -0.39 is 18.1 Å². The smallest absolute Gasteiger partial charge is 0.398 e. The molecule has 0 aliphatic carbocycles. The van der Waals surface area contributed by atoms with E-state index in [1.54, 1.807) is 24.5 Å². The second kappa shape index (κ2) is 14.8.